The Morgan fingerprint density at radius 1 is 1.21 bits per heavy atom. The lowest BCUT2D eigenvalue weighted by Crippen LogP contribution is -2.31. The molecule has 0 saturated heterocycles. The third-order valence-corrected chi connectivity index (χ3v) is 3.68. The monoisotopic (exact) mass is 271 g/mol. The van der Waals surface area contributed by atoms with Crippen molar-refractivity contribution >= 4 is 0 Å². The van der Waals surface area contributed by atoms with Gasteiger partial charge in [0.15, 0.2) is 0 Å². The molecule has 1 aliphatic carbocycles. The standard InChI is InChI=1S/C15H20F3N/c1-2-19-14(12-6-7-12)10-5-11-3-8-13(9-4-11)15(16,17)18/h3-4,8-9,12,14,19H,2,5-7,10H2,1H3. The van der Waals surface area contributed by atoms with E-state index in [0.717, 1.165) is 30.9 Å². The van der Waals surface area contributed by atoms with E-state index in [1.807, 2.05) is 0 Å². The van der Waals surface area contributed by atoms with Gasteiger partial charge in [-0.2, -0.15) is 13.2 Å². The van der Waals surface area contributed by atoms with Gasteiger partial charge in [-0.1, -0.05) is 19.1 Å². The van der Waals surface area contributed by atoms with Gasteiger partial charge in [0, 0.05) is 6.04 Å². The van der Waals surface area contributed by atoms with E-state index < -0.39 is 11.7 Å². The van der Waals surface area contributed by atoms with E-state index in [1.54, 1.807) is 12.1 Å². The number of rotatable bonds is 6. The molecular formula is C15H20F3N. The highest BCUT2D eigenvalue weighted by Gasteiger charge is 2.31. The molecule has 1 atom stereocenters. The number of hydrogen-bond acceptors (Lipinski definition) is 1. The first-order valence-corrected chi connectivity index (χ1v) is 6.90. The van der Waals surface area contributed by atoms with E-state index >= 15 is 0 Å². The molecule has 1 aromatic rings. The van der Waals surface area contributed by atoms with Gasteiger partial charge in [0.25, 0.3) is 0 Å². The molecule has 1 fully saturated rings. The molecule has 0 bridgehead atoms. The van der Waals surface area contributed by atoms with Crippen LogP contribution in [-0.4, -0.2) is 12.6 Å². The van der Waals surface area contributed by atoms with Crippen molar-refractivity contribution < 1.29 is 13.2 Å². The third-order valence-electron chi connectivity index (χ3n) is 3.68. The highest BCUT2D eigenvalue weighted by atomic mass is 19.4. The van der Waals surface area contributed by atoms with Crippen molar-refractivity contribution in [1.82, 2.24) is 5.32 Å². The number of nitrogens with one attached hydrogen (secondary N) is 1. The van der Waals surface area contributed by atoms with Crippen LogP contribution < -0.4 is 5.32 Å². The first kappa shape index (κ1) is 14.4. The van der Waals surface area contributed by atoms with Crippen LogP contribution in [0.3, 0.4) is 0 Å². The summed E-state index contributed by atoms with van der Waals surface area (Å²) in [5, 5.41) is 3.47. The SMILES string of the molecule is CCNC(CCc1ccc(C(F)(F)F)cc1)C1CC1. The van der Waals surface area contributed by atoms with Crippen LogP contribution in [0.1, 0.15) is 37.3 Å². The topological polar surface area (TPSA) is 12.0 Å². The van der Waals surface area contributed by atoms with E-state index in [0.29, 0.717) is 6.04 Å². The van der Waals surface area contributed by atoms with E-state index in [-0.39, 0.29) is 0 Å². The minimum absolute atomic E-state index is 0.521. The molecule has 106 valence electrons. The fraction of sp³-hybridized carbons (Fsp3) is 0.600. The van der Waals surface area contributed by atoms with Gasteiger partial charge in [-0.05, 0) is 55.8 Å². The first-order chi connectivity index (χ1) is 9.00. The summed E-state index contributed by atoms with van der Waals surface area (Å²) >= 11 is 0. The maximum Gasteiger partial charge on any atom is 0.416 e. The molecule has 1 unspecified atom stereocenters. The maximum atomic E-state index is 12.4. The summed E-state index contributed by atoms with van der Waals surface area (Å²) in [6.07, 6.45) is 0.171. The molecule has 1 N–H and O–H groups in total. The van der Waals surface area contributed by atoms with E-state index in [9.17, 15) is 13.2 Å². The lowest BCUT2D eigenvalue weighted by atomic mass is 10.0. The van der Waals surface area contributed by atoms with Gasteiger partial charge >= 0.3 is 6.18 Å². The number of hydrogen-bond donors (Lipinski definition) is 1. The number of halogens is 3. The second kappa shape index (κ2) is 5.95. The Hall–Kier alpha value is -1.03. The molecule has 2 rings (SSSR count). The van der Waals surface area contributed by atoms with Crippen molar-refractivity contribution in [2.24, 2.45) is 5.92 Å². The molecule has 1 nitrogen and oxygen atoms in total. The summed E-state index contributed by atoms with van der Waals surface area (Å²) in [5.41, 5.74) is 0.415. The zero-order chi connectivity index (χ0) is 13.9. The van der Waals surface area contributed by atoms with Crippen LogP contribution in [0.2, 0.25) is 0 Å². The Labute approximate surface area is 112 Å². The van der Waals surface area contributed by atoms with Gasteiger partial charge in [0.1, 0.15) is 0 Å². The minimum atomic E-state index is -4.24. The molecule has 0 amide bonds. The van der Waals surface area contributed by atoms with Crippen LogP contribution in [0, 0.1) is 5.92 Å². The van der Waals surface area contributed by atoms with Crippen LogP contribution >= 0.6 is 0 Å². The van der Waals surface area contributed by atoms with Gasteiger partial charge in [-0.3, -0.25) is 0 Å². The summed E-state index contributed by atoms with van der Waals surface area (Å²) in [5.74, 6) is 0.773. The molecule has 1 aromatic carbocycles. The van der Waals surface area contributed by atoms with Crippen molar-refractivity contribution in [3.63, 3.8) is 0 Å². The molecule has 0 heterocycles. The number of aryl methyl sites for hydroxylation is 1. The lowest BCUT2D eigenvalue weighted by Gasteiger charge is -2.17. The molecule has 0 radical (unpaired) electrons. The fourth-order valence-corrected chi connectivity index (χ4v) is 2.45. The molecule has 1 saturated carbocycles. The lowest BCUT2D eigenvalue weighted by molar-refractivity contribution is -0.137. The Kier molecular flexibility index (Phi) is 4.50. The molecule has 19 heavy (non-hydrogen) atoms. The second-order valence-corrected chi connectivity index (χ2v) is 5.23. The first-order valence-electron chi connectivity index (χ1n) is 6.90. The highest BCUT2D eigenvalue weighted by Crippen LogP contribution is 2.34. The van der Waals surface area contributed by atoms with Gasteiger partial charge in [0.2, 0.25) is 0 Å². The maximum absolute atomic E-state index is 12.4. The zero-order valence-electron chi connectivity index (χ0n) is 11.1. The van der Waals surface area contributed by atoms with E-state index in [1.165, 1.54) is 25.0 Å². The molecular weight excluding hydrogens is 251 g/mol. The molecule has 0 aromatic heterocycles. The van der Waals surface area contributed by atoms with Gasteiger partial charge in [0.05, 0.1) is 5.56 Å². The average molecular weight is 271 g/mol. The summed E-state index contributed by atoms with van der Waals surface area (Å²) < 4.78 is 37.3. The van der Waals surface area contributed by atoms with Crippen LogP contribution in [0.15, 0.2) is 24.3 Å². The van der Waals surface area contributed by atoms with E-state index in [2.05, 4.69) is 12.2 Å². The predicted molar refractivity (Wildman–Crippen MR) is 70.0 cm³/mol. The molecule has 0 spiro atoms. The number of alkyl halides is 3. The summed E-state index contributed by atoms with van der Waals surface area (Å²) in [6.45, 7) is 3.04. The van der Waals surface area contributed by atoms with Crippen LogP contribution in [-0.2, 0) is 12.6 Å². The Balaban J connectivity index is 1.88. The normalized spacial score (nSPS) is 17.5. The van der Waals surface area contributed by atoms with Crippen molar-refractivity contribution in [3.05, 3.63) is 35.4 Å². The van der Waals surface area contributed by atoms with Crippen molar-refractivity contribution in [3.8, 4) is 0 Å². The van der Waals surface area contributed by atoms with Gasteiger partial charge in [-0.15, -0.1) is 0 Å². The Bertz CT molecular complexity index is 393. The largest absolute Gasteiger partial charge is 0.416 e. The summed E-state index contributed by atoms with van der Waals surface area (Å²) in [6, 6.07) is 6.06. The van der Waals surface area contributed by atoms with E-state index in [4.69, 9.17) is 0 Å². The Morgan fingerprint density at radius 2 is 1.84 bits per heavy atom. The average Bonchev–Trinajstić information content (AvgIpc) is 3.18. The van der Waals surface area contributed by atoms with Crippen molar-refractivity contribution in [2.75, 3.05) is 6.54 Å². The molecule has 4 heteroatoms. The Morgan fingerprint density at radius 3 is 2.32 bits per heavy atom. The summed E-state index contributed by atoms with van der Waals surface area (Å²) in [4.78, 5) is 0. The molecule has 1 aliphatic rings. The van der Waals surface area contributed by atoms with Crippen LogP contribution in [0.25, 0.3) is 0 Å². The minimum Gasteiger partial charge on any atom is -0.314 e. The second-order valence-electron chi connectivity index (χ2n) is 5.23. The summed E-state index contributed by atoms with van der Waals surface area (Å²) in [7, 11) is 0. The predicted octanol–water partition coefficient (Wildman–Crippen LogP) is 4.03. The smallest absolute Gasteiger partial charge is 0.314 e. The fourth-order valence-electron chi connectivity index (χ4n) is 2.45. The van der Waals surface area contributed by atoms with Crippen LogP contribution in [0.5, 0.6) is 0 Å². The van der Waals surface area contributed by atoms with Gasteiger partial charge < -0.3 is 5.32 Å². The quantitative estimate of drug-likeness (QED) is 0.823. The molecule has 0 aliphatic heterocycles. The third kappa shape index (κ3) is 4.23. The van der Waals surface area contributed by atoms with Crippen molar-refractivity contribution in [1.29, 1.82) is 0 Å². The van der Waals surface area contributed by atoms with Crippen LogP contribution in [0.4, 0.5) is 13.2 Å². The van der Waals surface area contributed by atoms with Gasteiger partial charge in [-0.25, -0.2) is 0 Å². The zero-order valence-corrected chi connectivity index (χ0v) is 11.1. The number of benzene rings is 1. The highest BCUT2D eigenvalue weighted by molar-refractivity contribution is 5.24. The van der Waals surface area contributed by atoms with Crippen molar-refractivity contribution in [2.45, 2.75) is 44.8 Å².